The lowest BCUT2D eigenvalue weighted by atomic mass is 10.1. The molecule has 1 unspecified atom stereocenters. The van der Waals surface area contributed by atoms with E-state index in [9.17, 15) is 4.79 Å². The second-order valence-electron chi connectivity index (χ2n) is 5.14. The van der Waals surface area contributed by atoms with Gasteiger partial charge in [0.25, 0.3) is 0 Å². The maximum atomic E-state index is 12.0. The molecule has 0 aromatic heterocycles. The monoisotopic (exact) mass is 298 g/mol. The fourth-order valence-corrected chi connectivity index (χ4v) is 2.16. The fourth-order valence-electron chi connectivity index (χ4n) is 2.16. The van der Waals surface area contributed by atoms with Crippen molar-refractivity contribution in [3.63, 3.8) is 0 Å². The van der Waals surface area contributed by atoms with Crippen LogP contribution >= 0.6 is 0 Å². The minimum Gasteiger partial charge on any atom is -0.497 e. The molecule has 0 aliphatic carbocycles. The molecule has 22 heavy (non-hydrogen) atoms. The van der Waals surface area contributed by atoms with E-state index in [-0.39, 0.29) is 12.1 Å². The van der Waals surface area contributed by atoms with E-state index in [4.69, 9.17) is 4.74 Å². The highest BCUT2D eigenvalue weighted by Crippen LogP contribution is 2.16. The summed E-state index contributed by atoms with van der Waals surface area (Å²) < 4.78 is 5.09. The van der Waals surface area contributed by atoms with E-state index in [1.165, 1.54) is 5.56 Å². The zero-order valence-electron chi connectivity index (χ0n) is 13.2. The molecular weight excluding hydrogens is 276 g/mol. The van der Waals surface area contributed by atoms with Gasteiger partial charge in [-0.25, -0.2) is 4.79 Å². The quantitative estimate of drug-likeness (QED) is 0.871. The molecule has 4 nitrogen and oxygen atoms in total. The maximum Gasteiger partial charge on any atom is 0.319 e. The third-order valence-electron chi connectivity index (χ3n) is 3.58. The van der Waals surface area contributed by atoms with Crippen molar-refractivity contribution < 1.29 is 9.53 Å². The van der Waals surface area contributed by atoms with Gasteiger partial charge >= 0.3 is 6.03 Å². The number of anilines is 1. The molecule has 2 N–H and O–H groups in total. The minimum atomic E-state index is -0.225. The molecule has 0 saturated carbocycles. The summed E-state index contributed by atoms with van der Waals surface area (Å²) in [4.78, 5) is 12.0. The average Bonchev–Trinajstić information content (AvgIpc) is 2.55. The van der Waals surface area contributed by atoms with Gasteiger partial charge in [-0.1, -0.05) is 31.2 Å². The number of amides is 2. The molecule has 0 spiro atoms. The number of benzene rings is 2. The van der Waals surface area contributed by atoms with Crippen LogP contribution in [-0.4, -0.2) is 13.1 Å². The Morgan fingerprint density at radius 1 is 1.09 bits per heavy atom. The Balaban J connectivity index is 1.92. The Labute approximate surface area is 131 Å². The molecule has 2 aromatic carbocycles. The Hall–Kier alpha value is -2.49. The Kier molecular flexibility index (Phi) is 5.42. The summed E-state index contributed by atoms with van der Waals surface area (Å²) in [7, 11) is 1.61. The van der Waals surface area contributed by atoms with E-state index in [1.807, 2.05) is 19.1 Å². The van der Waals surface area contributed by atoms with Crippen LogP contribution in [0.5, 0.6) is 5.75 Å². The predicted molar refractivity (Wildman–Crippen MR) is 89.4 cm³/mol. The van der Waals surface area contributed by atoms with Crippen LogP contribution in [0.25, 0.3) is 0 Å². The zero-order valence-corrected chi connectivity index (χ0v) is 13.2. The first-order valence-electron chi connectivity index (χ1n) is 7.42. The lowest BCUT2D eigenvalue weighted by molar-refractivity contribution is 0.249. The van der Waals surface area contributed by atoms with Gasteiger partial charge in [0.05, 0.1) is 13.2 Å². The first-order chi connectivity index (χ1) is 10.6. The Morgan fingerprint density at radius 2 is 1.73 bits per heavy atom. The van der Waals surface area contributed by atoms with Gasteiger partial charge in [0.1, 0.15) is 5.75 Å². The van der Waals surface area contributed by atoms with E-state index < -0.39 is 0 Å². The van der Waals surface area contributed by atoms with Gasteiger partial charge in [-0.15, -0.1) is 0 Å². The highest BCUT2D eigenvalue weighted by molar-refractivity contribution is 5.89. The van der Waals surface area contributed by atoms with Gasteiger partial charge in [-0.3, -0.25) is 0 Å². The molecule has 0 radical (unpaired) electrons. The summed E-state index contributed by atoms with van der Waals surface area (Å²) in [5.41, 5.74) is 3.10. The van der Waals surface area contributed by atoms with Gasteiger partial charge in [0.2, 0.25) is 0 Å². The van der Waals surface area contributed by atoms with Crippen molar-refractivity contribution in [3.05, 3.63) is 59.7 Å². The zero-order chi connectivity index (χ0) is 15.9. The number of aryl methyl sites for hydroxylation is 1. The molecule has 0 fully saturated rings. The molecule has 0 heterocycles. The molecular formula is C18H22N2O2. The van der Waals surface area contributed by atoms with Crippen molar-refractivity contribution >= 4 is 11.7 Å². The van der Waals surface area contributed by atoms with Crippen molar-refractivity contribution in [3.8, 4) is 5.75 Å². The van der Waals surface area contributed by atoms with Gasteiger partial charge in [-0.05, 0) is 48.7 Å². The Morgan fingerprint density at radius 3 is 2.27 bits per heavy atom. The second-order valence-corrected chi connectivity index (χ2v) is 5.14. The van der Waals surface area contributed by atoms with Crippen LogP contribution < -0.4 is 15.4 Å². The highest BCUT2D eigenvalue weighted by atomic mass is 16.5. The summed E-state index contributed by atoms with van der Waals surface area (Å²) in [6.45, 7) is 4.09. The molecule has 116 valence electrons. The van der Waals surface area contributed by atoms with Crippen LogP contribution in [0.3, 0.4) is 0 Å². The number of methoxy groups -OCH3 is 1. The molecule has 4 heteroatoms. The summed E-state index contributed by atoms with van der Waals surface area (Å²) in [6.07, 6.45) is 1.01. The summed E-state index contributed by atoms with van der Waals surface area (Å²) in [5.74, 6) is 0.760. The first kappa shape index (κ1) is 15.9. The van der Waals surface area contributed by atoms with Crippen LogP contribution in [0.4, 0.5) is 10.5 Å². The molecule has 2 aromatic rings. The third kappa shape index (κ3) is 4.25. The van der Waals surface area contributed by atoms with Crippen molar-refractivity contribution in [2.45, 2.75) is 26.3 Å². The first-order valence-corrected chi connectivity index (χ1v) is 7.42. The SMILES string of the molecule is CCc1ccc(C(C)NC(=O)Nc2ccc(OC)cc2)cc1. The largest absolute Gasteiger partial charge is 0.497 e. The van der Waals surface area contributed by atoms with Gasteiger partial charge in [-0.2, -0.15) is 0 Å². The number of rotatable bonds is 5. The van der Waals surface area contributed by atoms with Crippen molar-refractivity contribution in [1.29, 1.82) is 0 Å². The summed E-state index contributed by atoms with van der Waals surface area (Å²) in [5, 5.41) is 5.74. The lowest BCUT2D eigenvalue weighted by Gasteiger charge is -2.15. The number of nitrogens with one attached hydrogen (secondary N) is 2. The normalized spacial score (nSPS) is 11.6. The number of hydrogen-bond donors (Lipinski definition) is 2. The van der Waals surface area contributed by atoms with E-state index in [1.54, 1.807) is 19.2 Å². The van der Waals surface area contributed by atoms with E-state index >= 15 is 0 Å². The molecule has 1 atom stereocenters. The molecule has 0 aliphatic rings. The average molecular weight is 298 g/mol. The number of hydrogen-bond acceptors (Lipinski definition) is 2. The van der Waals surface area contributed by atoms with Gasteiger partial charge in [0, 0.05) is 5.69 Å². The number of ether oxygens (including phenoxy) is 1. The number of carbonyl (C=O) groups excluding carboxylic acids is 1. The van der Waals surface area contributed by atoms with Crippen LogP contribution in [-0.2, 0) is 6.42 Å². The second kappa shape index (κ2) is 7.50. The molecule has 2 rings (SSSR count). The van der Waals surface area contributed by atoms with Crippen LogP contribution in [0, 0.1) is 0 Å². The molecule has 2 amide bonds. The third-order valence-corrected chi connectivity index (χ3v) is 3.58. The predicted octanol–water partition coefficient (Wildman–Crippen LogP) is 4.14. The minimum absolute atomic E-state index is 0.0517. The highest BCUT2D eigenvalue weighted by Gasteiger charge is 2.09. The van der Waals surface area contributed by atoms with Crippen LogP contribution in [0.2, 0.25) is 0 Å². The maximum absolute atomic E-state index is 12.0. The van der Waals surface area contributed by atoms with Crippen molar-refractivity contribution in [2.75, 3.05) is 12.4 Å². The molecule has 0 bridgehead atoms. The van der Waals surface area contributed by atoms with E-state index in [2.05, 4.69) is 41.8 Å². The van der Waals surface area contributed by atoms with Crippen molar-refractivity contribution in [1.82, 2.24) is 5.32 Å². The number of carbonyl (C=O) groups is 1. The van der Waals surface area contributed by atoms with Gasteiger partial charge in [0.15, 0.2) is 0 Å². The Bertz CT molecular complexity index is 606. The summed E-state index contributed by atoms with van der Waals surface area (Å²) in [6, 6.07) is 15.2. The van der Waals surface area contributed by atoms with Crippen molar-refractivity contribution in [2.24, 2.45) is 0 Å². The smallest absolute Gasteiger partial charge is 0.319 e. The lowest BCUT2D eigenvalue weighted by Crippen LogP contribution is -2.31. The van der Waals surface area contributed by atoms with Crippen LogP contribution in [0.15, 0.2) is 48.5 Å². The van der Waals surface area contributed by atoms with E-state index in [0.717, 1.165) is 23.4 Å². The van der Waals surface area contributed by atoms with E-state index in [0.29, 0.717) is 0 Å². The number of urea groups is 1. The van der Waals surface area contributed by atoms with Crippen LogP contribution in [0.1, 0.15) is 31.0 Å². The fraction of sp³-hybridized carbons (Fsp3) is 0.278. The standard InChI is InChI=1S/C18H22N2O2/c1-4-14-5-7-15(8-6-14)13(2)19-18(21)20-16-9-11-17(22-3)12-10-16/h5-13H,4H2,1-3H3,(H2,19,20,21). The summed E-state index contributed by atoms with van der Waals surface area (Å²) >= 11 is 0. The topological polar surface area (TPSA) is 50.4 Å². The van der Waals surface area contributed by atoms with Gasteiger partial charge < -0.3 is 15.4 Å². The molecule has 0 aliphatic heterocycles. The molecule has 0 saturated heterocycles.